The van der Waals surface area contributed by atoms with Gasteiger partial charge in [0.1, 0.15) is 12.4 Å². The van der Waals surface area contributed by atoms with Gasteiger partial charge in [-0.3, -0.25) is 0 Å². The Morgan fingerprint density at radius 2 is 2.00 bits per heavy atom. The first kappa shape index (κ1) is 25.1. The van der Waals surface area contributed by atoms with Gasteiger partial charge >= 0.3 is 0 Å². The molecule has 10 heteroatoms. The highest BCUT2D eigenvalue weighted by Gasteiger charge is 2.15. The van der Waals surface area contributed by atoms with Crippen LogP contribution in [0.2, 0.25) is 0 Å². The van der Waals surface area contributed by atoms with Crippen molar-refractivity contribution in [1.82, 2.24) is 25.4 Å². The molecular weight excluding hydrogens is 475 g/mol. The fraction of sp³-hybridized carbons (Fsp3) is 0.833. The molecule has 1 fully saturated rings. The minimum Gasteiger partial charge on any atom is -0.382 e. The predicted molar refractivity (Wildman–Crippen MR) is 119 cm³/mol. The van der Waals surface area contributed by atoms with Crippen LogP contribution >= 0.6 is 24.0 Å². The Kier molecular flexibility index (Phi) is 13.4. The summed E-state index contributed by atoms with van der Waals surface area (Å²) in [4.78, 5) is 4.63. The van der Waals surface area contributed by atoms with E-state index >= 15 is 0 Å². The fourth-order valence-electron chi connectivity index (χ4n) is 2.61. The van der Waals surface area contributed by atoms with Crippen molar-refractivity contribution in [2.45, 2.75) is 45.8 Å². The third-order valence-electron chi connectivity index (χ3n) is 4.38. The summed E-state index contributed by atoms with van der Waals surface area (Å²) < 4.78 is 18.4. The highest BCUT2D eigenvalue weighted by molar-refractivity contribution is 14.0. The number of ether oxygens (including phenoxy) is 3. The Morgan fingerprint density at radius 1 is 1.25 bits per heavy atom. The van der Waals surface area contributed by atoms with Gasteiger partial charge in [0.2, 0.25) is 0 Å². The van der Waals surface area contributed by atoms with Gasteiger partial charge in [0.05, 0.1) is 12.7 Å². The van der Waals surface area contributed by atoms with Gasteiger partial charge < -0.3 is 29.4 Å². The molecule has 1 saturated heterocycles. The highest BCUT2D eigenvalue weighted by atomic mass is 127. The van der Waals surface area contributed by atoms with Crippen molar-refractivity contribution in [3.8, 4) is 0 Å². The standard InChI is InChI=1S/C18H34N6O3.HI/c1-4-25-10-5-8-19-18(21-13-17-23-22-15(2)24(17)3)20-9-6-11-27-16-7-12-26-14-16;/h16H,4-14H2,1-3H3,(H2,19,20,21);1H. The number of nitrogens with one attached hydrogen (secondary N) is 2. The van der Waals surface area contributed by atoms with Crippen LogP contribution in [0.3, 0.4) is 0 Å². The summed E-state index contributed by atoms with van der Waals surface area (Å²) in [7, 11) is 1.95. The van der Waals surface area contributed by atoms with Crippen molar-refractivity contribution < 1.29 is 14.2 Å². The lowest BCUT2D eigenvalue weighted by molar-refractivity contribution is 0.0420. The number of guanidine groups is 1. The van der Waals surface area contributed by atoms with Crippen molar-refractivity contribution in [2.24, 2.45) is 12.0 Å². The van der Waals surface area contributed by atoms with Gasteiger partial charge in [0.25, 0.3) is 0 Å². The Labute approximate surface area is 185 Å². The predicted octanol–water partition coefficient (Wildman–Crippen LogP) is 1.40. The lowest BCUT2D eigenvalue weighted by Crippen LogP contribution is -2.39. The summed E-state index contributed by atoms with van der Waals surface area (Å²) in [5, 5.41) is 14.9. The lowest BCUT2D eigenvalue weighted by atomic mass is 10.3. The van der Waals surface area contributed by atoms with Crippen molar-refractivity contribution in [3.05, 3.63) is 11.6 Å². The maximum atomic E-state index is 5.79. The monoisotopic (exact) mass is 510 g/mol. The van der Waals surface area contributed by atoms with E-state index in [4.69, 9.17) is 14.2 Å². The molecule has 1 aliphatic rings. The third-order valence-corrected chi connectivity index (χ3v) is 4.38. The number of nitrogens with zero attached hydrogens (tertiary/aromatic N) is 4. The van der Waals surface area contributed by atoms with Gasteiger partial charge in [-0.2, -0.15) is 0 Å². The van der Waals surface area contributed by atoms with Crippen LogP contribution < -0.4 is 10.6 Å². The first-order chi connectivity index (χ1) is 13.2. The van der Waals surface area contributed by atoms with E-state index in [0.29, 0.717) is 6.54 Å². The number of halogens is 1. The highest BCUT2D eigenvalue weighted by Crippen LogP contribution is 2.07. The molecule has 0 radical (unpaired) electrons. The molecule has 28 heavy (non-hydrogen) atoms. The van der Waals surface area contributed by atoms with Gasteiger partial charge in [-0.15, -0.1) is 34.2 Å². The first-order valence-corrected chi connectivity index (χ1v) is 9.84. The van der Waals surface area contributed by atoms with Gasteiger partial charge in [-0.25, -0.2) is 4.99 Å². The van der Waals surface area contributed by atoms with E-state index in [-0.39, 0.29) is 30.1 Å². The largest absolute Gasteiger partial charge is 0.382 e. The average Bonchev–Trinajstić information content (AvgIpc) is 3.29. The molecule has 1 atom stereocenters. The molecule has 1 aromatic heterocycles. The number of aliphatic imine (C=N–C) groups is 1. The van der Waals surface area contributed by atoms with E-state index < -0.39 is 0 Å². The Balaban J connectivity index is 0.00000392. The van der Waals surface area contributed by atoms with E-state index in [1.165, 1.54) is 0 Å². The Hall–Kier alpha value is -0.980. The van der Waals surface area contributed by atoms with E-state index in [0.717, 1.165) is 83.0 Å². The van der Waals surface area contributed by atoms with Crippen LogP contribution in [0.1, 0.15) is 37.8 Å². The van der Waals surface area contributed by atoms with Crippen LogP contribution in [-0.4, -0.2) is 73.0 Å². The van der Waals surface area contributed by atoms with Crippen LogP contribution in [0.5, 0.6) is 0 Å². The summed E-state index contributed by atoms with van der Waals surface area (Å²) in [6, 6.07) is 0. The normalized spacial score (nSPS) is 16.8. The zero-order valence-electron chi connectivity index (χ0n) is 17.3. The number of aryl methyl sites for hydroxylation is 1. The zero-order chi connectivity index (χ0) is 19.3. The molecule has 2 heterocycles. The van der Waals surface area contributed by atoms with Crippen LogP contribution in [0.4, 0.5) is 0 Å². The van der Waals surface area contributed by atoms with E-state index in [1.807, 2.05) is 25.5 Å². The molecule has 1 unspecified atom stereocenters. The zero-order valence-corrected chi connectivity index (χ0v) is 19.6. The van der Waals surface area contributed by atoms with Crippen molar-refractivity contribution in [1.29, 1.82) is 0 Å². The molecule has 9 nitrogen and oxygen atoms in total. The molecule has 0 spiro atoms. The van der Waals surface area contributed by atoms with Crippen molar-refractivity contribution in [2.75, 3.05) is 46.1 Å². The Morgan fingerprint density at radius 3 is 2.61 bits per heavy atom. The molecule has 2 rings (SSSR count). The lowest BCUT2D eigenvalue weighted by Gasteiger charge is -2.14. The van der Waals surface area contributed by atoms with Crippen LogP contribution in [0, 0.1) is 6.92 Å². The number of aromatic nitrogens is 3. The minimum atomic E-state index is 0. The van der Waals surface area contributed by atoms with Crippen LogP contribution in [0.15, 0.2) is 4.99 Å². The maximum Gasteiger partial charge on any atom is 0.191 e. The Bertz CT molecular complexity index is 564. The maximum absolute atomic E-state index is 5.79. The fourth-order valence-corrected chi connectivity index (χ4v) is 2.61. The molecule has 1 aromatic rings. The third kappa shape index (κ3) is 9.48. The summed E-state index contributed by atoms with van der Waals surface area (Å²) in [5.74, 6) is 2.50. The van der Waals surface area contributed by atoms with Gasteiger partial charge in [-0.05, 0) is 33.1 Å². The SMILES string of the molecule is CCOCCCNC(=NCc1nnc(C)n1C)NCCCOC1CCOC1.I. The topological polar surface area (TPSA) is 94.8 Å². The minimum absolute atomic E-state index is 0. The average molecular weight is 510 g/mol. The molecule has 2 N–H and O–H groups in total. The molecular formula is C18H35IN6O3. The second-order valence-electron chi connectivity index (χ2n) is 6.50. The van der Waals surface area contributed by atoms with E-state index in [1.54, 1.807) is 0 Å². The molecule has 162 valence electrons. The molecule has 0 saturated carbocycles. The molecule has 0 amide bonds. The van der Waals surface area contributed by atoms with Crippen LogP contribution in [0.25, 0.3) is 0 Å². The smallest absolute Gasteiger partial charge is 0.191 e. The molecule has 1 aliphatic heterocycles. The summed E-state index contributed by atoms with van der Waals surface area (Å²) in [6.45, 7) is 9.77. The van der Waals surface area contributed by atoms with Crippen molar-refractivity contribution >= 4 is 29.9 Å². The van der Waals surface area contributed by atoms with Gasteiger partial charge in [0, 0.05) is 46.6 Å². The second-order valence-corrected chi connectivity index (χ2v) is 6.50. The molecule has 0 aliphatic carbocycles. The number of rotatable bonds is 12. The van der Waals surface area contributed by atoms with Gasteiger partial charge in [0.15, 0.2) is 11.8 Å². The number of hydrogen-bond acceptors (Lipinski definition) is 6. The van der Waals surface area contributed by atoms with Crippen molar-refractivity contribution in [3.63, 3.8) is 0 Å². The van der Waals surface area contributed by atoms with E-state index in [2.05, 4.69) is 25.8 Å². The molecule has 0 aromatic carbocycles. The summed E-state index contributed by atoms with van der Waals surface area (Å²) in [6.07, 6.45) is 3.11. The second kappa shape index (κ2) is 14.9. The molecule has 0 bridgehead atoms. The van der Waals surface area contributed by atoms with E-state index in [9.17, 15) is 0 Å². The first-order valence-electron chi connectivity index (χ1n) is 9.84. The summed E-state index contributed by atoms with van der Waals surface area (Å²) >= 11 is 0. The summed E-state index contributed by atoms with van der Waals surface area (Å²) in [5.41, 5.74) is 0. The quantitative estimate of drug-likeness (QED) is 0.190. The van der Waals surface area contributed by atoms with Crippen LogP contribution in [-0.2, 0) is 27.8 Å². The number of hydrogen-bond donors (Lipinski definition) is 2. The van der Waals surface area contributed by atoms with Gasteiger partial charge in [-0.1, -0.05) is 0 Å².